The molecule has 0 bridgehead atoms. The minimum atomic E-state index is -0.662. The Morgan fingerprint density at radius 3 is 1.68 bits per heavy atom. The fraction of sp³-hybridized carbons (Fsp3) is 0.909. The van der Waals surface area contributed by atoms with Gasteiger partial charge in [0.1, 0.15) is 5.60 Å². The molecule has 0 spiro atoms. The molecule has 0 aliphatic carbocycles. The highest BCUT2D eigenvalue weighted by atomic mass is 16.7. The monoisotopic (exact) mass is 358 g/mol. The van der Waals surface area contributed by atoms with Crippen LogP contribution in [0.25, 0.3) is 0 Å². The molecule has 0 rings (SSSR count). The lowest BCUT2D eigenvalue weighted by Gasteiger charge is -2.47. The lowest BCUT2D eigenvalue weighted by atomic mass is 9.83. The largest absolute Gasteiger partial charge is 0.373 e. The maximum absolute atomic E-state index is 6.03. The van der Waals surface area contributed by atoms with Crippen molar-refractivity contribution in [3.63, 3.8) is 0 Å². The van der Waals surface area contributed by atoms with E-state index in [0.717, 1.165) is 19.3 Å². The van der Waals surface area contributed by atoms with Crippen molar-refractivity contribution in [3.8, 4) is 0 Å². The highest BCUT2D eigenvalue weighted by molar-refractivity contribution is 4.93. The molecule has 25 heavy (non-hydrogen) atoms. The Balaban J connectivity index is 0. The highest BCUT2D eigenvalue weighted by Gasteiger charge is 2.49. The summed E-state index contributed by atoms with van der Waals surface area (Å²) in [5.74, 6) is -0.662. The number of ether oxygens (including phenoxy) is 3. The third-order valence-corrected chi connectivity index (χ3v) is 4.65. The van der Waals surface area contributed by atoms with Crippen LogP contribution in [0.15, 0.2) is 12.7 Å². The van der Waals surface area contributed by atoms with Gasteiger partial charge in [-0.3, -0.25) is 0 Å². The molecule has 0 fully saturated rings. The molecule has 0 radical (unpaired) electrons. The molecule has 3 nitrogen and oxygen atoms in total. The molecule has 152 valence electrons. The Morgan fingerprint density at radius 1 is 0.800 bits per heavy atom. The summed E-state index contributed by atoms with van der Waals surface area (Å²) in [7, 11) is 1.81. The molecule has 0 aromatic rings. The van der Waals surface area contributed by atoms with E-state index in [-0.39, 0.29) is 5.60 Å². The van der Waals surface area contributed by atoms with Crippen molar-refractivity contribution in [3.05, 3.63) is 12.7 Å². The second-order valence-electron chi connectivity index (χ2n) is 6.69. The Bertz CT molecular complexity index is 285. The molecule has 1 unspecified atom stereocenters. The minimum absolute atomic E-state index is 0.349. The molecular formula is C22H46O3. The molecule has 0 aliphatic rings. The van der Waals surface area contributed by atoms with Crippen molar-refractivity contribution >= 4 is 0 Å². The van der Waals surface area contributed by atoms with E-state index in [1.165, 1.54) is 38.5 Å². The molecule has 0 N–H and O–H groups in total. The lowest BCUT2D eigenvalue weighted by molar-refractivity contribution is -0.319. The SMILES string of the molecule is C=CC.CCCCCCCCC(CCC)(OC)C(C)(OCC)OCC. The van der Waals surface area contributed by atoms with E-state index >= 15 is 0 Å². The molecule has 3 heteroatoms. The first kappa shape index (κ1) is 26.8. The zero-order chi connectivity index (χ0) is 19.6. The molecule has 0 aliphatic heterocycles. The van der Waals surface area contributed by atoms with Gasteiger partial charge in [0.15, 0.2) is 5.79 Å². The van der Waals surface area contributed by atoms with Gasteiger partial charge in [-0.2, -0.15) is 0 Å². The van der Waals surface area contributed by atoms with E-state index in [1.54, 1.807) is 6.08 Å². The number of unbranched alkanes of at least 4 members (excludes halogenated alkanes) is 5. The fourth-order valence-corrected chi connectivity index (χ4v) is 3.42. The zero-order valence-corrected chi connectivity index (χ0v) is 18.3. The predicted octanol–water partition coefficient (Wildman–Crippen LogP) is 6.90. The summed E-state index contributed by atoms with van der Waals surface area (Å²) in [5, 5.41) is 0. The summed E-state index contributed by atoms with van der Waals surface area (Å²) in [4.78, 5) is 0. The van der Waals surface area contributed by atoms with Crippen LogP contribution < -0.4 is 0 Å². The van der Waals surface area contributed by atoms with E-state index in [0.29, 0.717) is 13.2 Å². The number of hydrogen-bond acceptors (Lipinski definition) is 3. The van der Waals surface area contributed by atoms with Gasteiger partial charge in [0.05, 0.1) is 0 Å². The van der Waals surface area contributed by atoms with Crippen molar-refractivity contribution in [2.75, 3.05) is 20.3 Å². The van der Waals surface area contributed by atoms with E-state index in [1.807, 2.05) is 27.9 Å². The van der Waals surface area contributed by atoms with E-state index in [9.17, 15) is 0 Å². The van der Waals surface area contributed by atoms with Gasteiger partial charge in [-0.1, -0.05) is 64.9 Å². The van der Waals surface area contributed by atoms with Crippen molar-refractivity contribution in [1.29, 1.82) is 0 Å². The third kappa shape index (κ3) is 10.4. The van der Waals surface area contributed by atoms with Crippen LogP contribution in [0.3, 0.4) is 0 Å². The Labute approximate surface area is 158 Å². The molecule has 0 saturated heterocycles. The number of rotatable bonds is 15. The van der Waals surface area contributed by atoms with Gasteiger partial charge in [-0.15, -0.1) is 6.58 Å². The van der Waals surface area contributed by atoms with Crippen molar-refractivity contribution in [2.24, 2.45) is 0 Å². The third-order valence-electron chi connectivity index (χ3n) is 4.65. The minimum Gasteiger partial charge on any atom is -0.373 e. The van der Waals surface area contributed by atoms with E-state index < -0.39 is 5.79 Å². The lowest BCUT2D eigenvalue weighted by Crippen LogP contribution is -2.57. The van der Waals surface area contributed by atoms with Crippen LogP contribution in [0, 0.1) is 0 Å². The smallest absolute Gasteiger partial charge is 0.194 e. The summed E-state index contributed by atoms with van der Waals surface area (Å²) in [6.07, 6.45) is 12.5. The zero-order valence-electron chi connectivity index (χ0n) is 18.3. The van der Waals surface area contributed by atoms with Crippen LogP contribution in [0.1, 0.15) is 99.3 Å². The van der Waals surface area contributed by atoms with E-state index in [4.69, 9.17) is 14.2 Å². The average Bonchev–Trinajstić information content (AvgIpc) is 2.58. The van der Waals surface area contributed by atoms with Crippen LogP contribution >= 0.6 is 0 Å². The van der Waals surface area contributed by atoms with Gasteiger partial charge >= 0.3 is 0 Å². The average molecular weight is 359 g/mol. The van der Waals surface area contributed by atoms with Gasteiger partial charge in [-0.05, 0) is 40.5 Å². The van der Waals surface area contributed by atoms with Crippen molar-refractivity contribution in [1.82, 2.24) is 0 Å². The van der Waals surface area contributed by atoms with Gasteiger partial charge < -0.3 is 14.2 Å². The Hall–Kier alpha value is -0.380. The molecule has 1 atom stereocenters. The van der Waals surface area contributed by atoms with Crippen LogP contribution in [-0.4, -0.2) is 31.7 Å². The maximum Gasteiger partial charge on any atom is 0.194 e. The molecule has 0 aromatic carbocycles. The van der Waals surface area contributed by atoms with Gasteiger partial charge in [-0.25, -0.2) is 0 Å². The topological polar surface area (TPSA) is 27.7 Å². The normalized spacial score (nSPS) is 13.7. The molecule has 0 heterocycles. The number of allylic oxidation sites excluding steroid dienone is 1. The van der Waals surface area contributed by atoms with Crippen molar-refractivity contribution in [2.45, 2.75) is 111 Å². The summed E-state index contributed by atoms with van der Waals surface area (Å²) < 4.78 is 18.1. The molecule has 0 saturated carbocycles. The predicted molar refractivity (Wildman–Crippen MR) is 110 cm³/mol. The summed E-state index contributed by atoms with van der Waals surface area (Å²) in [6, 6.07) is 0. The van der Waals surface area contributed by atoms with Crippen LogP contribution in [0.2, 0.25) is 0 Å². The summed E-state index contributed by atoms with van der Waals surface area (Å²) in [5.41, 5.74) is -0.349. The first-order chi connectivity index (χ1) is 12.0. The first-order valence-electron chi connectivity index (χ1n) is 10.4. The van der Waals surface area contributed by atoms with E-state index in [2.05, 4.69) is 27.4 Å². The molecular weight excluding hydrogens is 312 g/mol. The first-order valence-corrected chi connectivity index (χ1v) is 10.4. The Kier molecular flexibility index (Phi) is 18.3. The quantitative estimate of drug-likeness (QED) is 0.181. The standard InChI is InChI=1S/C19H40O3.C3H6/c1-7-11-12-13-14-15-17-19(20-6,16-8-2)18(5,21-9-3)22-10-4;1-3-2/h7-17H2,1-6H3;3H,1H2,2H3. The number of hydrogen-bond donors (Lipinski definition) is 0. The second kappa shape index (κ2) is 17.1. The summed E-state index contributed by atoms with van der Waals surface area (Å²) >= 11 is 0. The maximum atomic E-state index is 6.03. The summed E-state index contributed by atoms with van der Waals surface area (Å²) in [6.45, 7) is 17.1. The van der Waals surface area contributed by atoms with Crippen LogP contribution in [0.5, 0.6) is 0 Å². The van der Waals surface area contributed by atoms with Gasteiger partial charge in [0.2, 0.25) is 0 Å². The fourth-order valence-electron chi connectivity index (χ4n) is 3.42. The van der Waals surface area contributed by atoms with Crippen molar-refractivity contribution < 1.29 is 14.2 Å². The second-order valence-corrected chi connectivity index (χ2v) is 6.69. The van der Waals surface area contributed by atoms with Crippen LogP contribution in [-0.2, 0) is 14.2 Å². The van der Waals surface area contributed by atoms with Crippen LogP contribution in [0.4, 0.5) is 0 Å². The molecule has 0 amide bonds. The highest BCUT2D eigenvalue weighted by Crippen LogP contribution is 2.39. The Morgan fingerprint density at radius 2 is 1.28 bits per heavy atom. The molecule has 0 aromatic heterocycles. The van der Waals surface area contributed by atoms with Gasteiger partial charge in [0.25, 0.3) is 0 Å². The number of methoxy groups -OCH3 is 1. The van der Waals surface area contributed by atoms with Gasteiger partial charge in [0, 0.05) is 20.3 Å².